The third-order valence-corrected chi connectivity index (χ3v) is 4.07. The molecule has 1 aliphatic heterocycles. The first-order valence-corrected chi connectivity index (χ1v) is 7.25. The number of hydrogen-bond donors (Lipinski definition) is 1. The summed E-state index contributed by atoms with van der Waals surface area (Å²) in [5, 5.41) is 9.67. The number of thiazole rings is 1. The van der Waals surface area contributed by atoms with Crippen LogP contribution in [0.4, 0.5) is 4.79 Å². The first-order valence-electron chi connectivity index (χ1n) is 6.43. The van der Waals surface area contributed by atoms with Crippen molar-refractivity contribution in [2.75, 3.05) is 13.1 Å². The van der Waals surface area contributed by atoms with Crippen LogP contribution in [0.3, 0.4) is 0 Å². The number of carboxylic acid groups (broad SMARTS) is 1. The molecule has 1 fully saturated rings. The van der Waals surface area contributed by atoms with Crippen molar-refractivity contribution in [2.45, 2.75) is 38.7 Å². The summed E-state index contributed by atoms with van der Waals surface area (Å²) >= 11 is 1.18. The van der Waals surface area contributed by atoms with Gasteiger partial charge in [-0.05, 0) is 27.2 Å². The molecule has 20 heavy (non-hydrogen) atoms. The number of likely N-dealkylation sites (tertiary alicyclic amines) is 1. The van der Waals surface area contributed by atoms with Crippen molar-refractivity contribution in [2.24, 2.45) is 0 Å². The molecule has 7 heteroatoms. The number of carbonyl (C=O) groups excluding carboxylic acids is 1. The van der Waals surface area contributed by atoms with Crippen LogP contribution >= 0.6 is 11.3 Å². The van der Waals surface area contributed by atoms with E-state index in [1.165, 1.54) is 17.5 Å². The highest BCUT2D eigenvalue weighted by molar-refractivity contribution is 7.13. The van der Waals surface area contributed by atoms with E-state index >= 15 is 0 Å². The molecule has 1 saturated heterocycles. The van der Waals surface area contributed by atoms with E-state index in [4.69, 9.17) is 9.84 Å². The Balaban J connectivity index is 1.98. The van der Waals surface area contributed by atoms with Gasteiger partial charge >= 0.3 is 12.1 Å². The summed E-state index contributed by atoms with van der Waals surface area (Å²) in [7, 11) is 0. The van der Waals surface area contributed by atoms with E-state index < -0.39 is 11.6 Å². The monoisotopic (exact) mass is 298 g/mol. The lowest BCUT2D eigenvalue weighted by Crippen LogP contribution is -2.35. The van der Waals surface area contributed by atoms with Crippen molar-refractivity contribution in [3.63, 3.8) is 0 Å². The van der Waals surface area contributed by atoms with E-state index in [0.29, 0.717) is 13.1 Å². The summed E-state index contributed by atoms with van der Waals surface area (Å²) < 4.78 is 5.33. The molecule has 0 aromatic carbocycles. The number of aromatic carboxylic acids is 1. The van der Waals surface area contributed by atoms with Crippen molar-refractivity contribution in [1.29, 1.82) is 0 Å². The van der Waals surface area contributed by atoms with Crippen LogP contribution in [-0.4, -0.2) is 45.7 Å². The molecule has 1 atom stereocenters. The molecule has 1 aliphatic rings. The van der Waals surface area contributed by atoms with Crippen LogP contribution in [-0.2, 0) is 4.74 Å². The highest BCUT2D eigenvalue weighted by atomic mass is 32.1. The average Bonchev–Trinajstić information content (AvgIpc) is 2.95. The van der Waals surface area contributed by atoms with Crippen molar-refractivity contribution >= 4 is 23.4 Å². The zero-order valence-electron chi connectivity index (χ0n) is 11.8. The molecule has 0 saturated carbocycles. The van der Waals surface area contributed by atoms with Crippen molar-refractivity contribution < 1.29 is 19.4 Å². The van der Waals surface area contributed by atoms with Gasteiger partial charge in [0, 0.05) is 19.0 Å². The third-order valence-electron chi connectivity index (χ3n) is 2.92. The molecule has 2 heterocycles. The standard InChI is InChI=1S/C13H18N2O4S/c1-13(2,3)19-12(18)15-5-4-8(7-15)10-14-6-9(20-10)11(16)17/h6,8H,4-5,7H2,1-3H3,(H,16,17)/t8-/m0/s1. The van der Waals surface area contributed by atoms with E-state index in [9.17, 15) is 9.59 Å². The Morgan fingerprint density at radius 3 is 2.75 bits per heavy atom. The van der Waals surface area contributed by atoms with Crippen LogP contribution in [0.15, 0.2) is 6.20 Å². The maximum absolute atomic E-state index is 11.9. The summed E-state index contributed by atoms with van der Waals surface area (Å²) in [4.78, 5) is 28.8. The second kappa shape index (κ2) is 5.40. The molecule has 2 rings (SSSR count). The Morgan fingerprint density at radius 1 is 1.50 bits per heavy atom. The Bertz CT molecular complexity index is 521. The van der Waals surface area contributed by atoms with Crippen LogP contribution in [0.5, 0.6) is 0 Å². The first kappa shape index (κ1) is 14.8. The fourth-order valence-corrected chi connectivity index (χ4v) is 2.91. The van der Waals surface area contributed by atoms with Gasteiger partial charge in [0.2, 0.25) is 0 Å². The molecule has 0 bridgehead atoms. The number of nitrogens with zero attached hydrogens (tertiary/aromatic N) is 2. The minimum absolute atomic E-state index is 0.0978. The lowest BCUT2D eigenvalue weighted by atomic mass is 10.1. The van der Waals surface area contributed by atoms with E-state index in [1.54, 1.807) is 4.90 Å². The quantitative estimate of drug-likeness (QED) is 0.907. The van der Waals surface area contributed by atoms with Crippen molar-refractivity contribution in [3.8, 4) is 0 Å². The van der Waals surface area contributed by atoms with Gasteiger partial charge < -0.3 is 14.7 Å². The highest BCUT2D eigenvalue weighted by Crippen LogP contribution is 2.31. The first-order chi connectivity index (χ1) is 9.26. The predicted octanol–water partition coefficient (Wildman–Crippen LogP) is 2.57. The molecule has 0 spiro atoms. The average molecular weight is 298 g/mol. The summed E-state index contributed by atoms with van der Waals surface area (Å²) in [5.74, 6) is -0.864. The largest absolute Gasteiger partial charge is 0.477 e. The number of carbonyl (C=O) groups is 2. The predicted molar refractivity (Wildman–Crippen MR) is 74.2 cm³/mol. The minimum Gasteiger partial charge on any atom is -0.477 e. The number of aromatic nitrogens is 1. The minimum atomic E-state index is -0.962. The molecule has 0 radical (unpaired) electrons. The van der Waals surface area contributed by atoms with Gasteiger partial charge in [-0.3, -0.25) is 0 Å². The molecule has 1 aromatic rings. The molecule has 110 valence electrons. The van der Waals surface area contributed by atoms with Gasteiger partial charge in [0.1, 0.15) is 10.5 Å². The number of hydrogen-bond acceptors (Lipinski definition) is 5. The van der Waals surface area contributed by atoms with E-state index in [2.05, 4.69) is 4.98 Å². The second-order valence-corrected chi connectivity index (χ2v) is 6.84. The Morgan fingerprint density at radius 2 is 2.20 bits per heavy atom. The van der Waals surface area contributed by atoms with E-state index in [-0.39, 0.29) is 16.9 Å². The van der Waals surface area contributed by atoms with Gasteiger partial charge in [0.05, 0.1) is 11.2 Å². The van der Waals surface area contributed by atoms with Gasteiger partial charge in [0.15, 0.2) is 0 Å². The maximum Gasteiger partial charge on any atom is 0.410 e. The topological polar surface area (TPSA) is 79.7 Å². The molecule has 1 aromatic heterocycles. The Kier molecular flexibility index (Phi) is 3.99. The summed E-state index contributed by atoms with van der Waals surface area (Å²) in [6.45, 7) is 6.64. The number of rotatable bonds is 2. The van der Waals surface area contributed by atoms with Gasteiger partial charge in [-0.25, -0.2) is 14.6 Å². The molecule has 0 unspecified atom stereocenters. The van der Waals surface area contributed by atoms with Crippen LogP contribution in [0, 0.1) is 0 Å². The van der Waals surface area contributed by atoms with Gasteiger partial charge in [-0.1, -0.05) is 0 Å². The number of carboxylic acids is 1. The van der Waals surface area contributed by atoms with Crippen LogP contribution in [0.2, 0.25) is 0 Å². The Hall–Kier alpha value is -1.63. The van der Waals surface area contributed by atoms with Gasteiger partial charge in [0.25, 0.3) is 0 Å². The lowest BCUT2D eigenvalue weighted by Gasteiger charge is -2.24. The highest BCUT2D eigenvalue weighted by Gasteiger charge is 2.32. The normalized spacial score (nSPS) is 19.1. The molecular weight excluding hydrogens is 280 g/mol. The van der Waals surface area contributed by atoms with Crippen LogP contribution in [0.1, 0.15) is 47.8 Å². The number of amides is 1. The summed E-state index contributed by atoms with van der Waals surface area (Å²) in [5.41, 5.74) is -0.507. The summed E-state index contributed by atoms with van der Waals surface area (Å²) in [6, 6.07) is 0. The van der Waals surface area contributed by atoms with Gasteiger partial charge in [-0.2, -0.15) is 0 Å². The zero-order chi connectivity index (χ0) is 14.9. The van der Waals surface area contributed by atoms with Crippen molar-refractivity contribution in [1.82, 2.24) is 9.88 Å². The zero-order valence-corrected chi connectivity index (χ0v) is 12.6. The summed E-state index contributed by atoms with van der Waals surface area (Å²) in [6.07, 6.45) is 1.83. The molecule has 1 amide bonds. The Labute approximate surface area is 121 Å². The van der Waals surface area contributed by atoms with E-state index in [1.807, 2.05) is 20.8 Å². The van der Waals surface area contributed by atoms with Crippen LogP contribution in [0.25, 0.3) is 0 Å². The molecule has 6 nitrogen and oxygen atoms in total. The third kappa shape index (κ3) is 3.47. The molecular formula is C13H18N2O4S. The van der Waals surface area contributed by atoms with Gasteiger partial charge in [-0.15, -0.1) is 11.3 Å². The smallest absolute Gasteiger partial charge is 0.410 e. The lowest BCUT2D eigenvalue weighted by molar-refractivity contribution is 0.0292. The fourth-order valence-electron chi connectivity index (χ4n) is 2.03. The van der Waals surface area contributed by atoms with Crippen molar-refractivity contribution in [3.05, 3.63) is 16.1 Å². The maximum atomic E-state index is 11.9. The molecule has 0 aliphatic carbocycles. The fraction of sp³-hybridized carbons (Fsp3) is 0.615. The van der Waals surface area contributed by atoms with Crippen LogP contribution < -0.4 is 0 Å². The number of ether oxygens (including phenoxy) is 1. The van der Waals surface area contributed by atoms with E-state index in [0.717, 1.165) is 11.4 Å². The second-order valence-electron chi connectivity index (χ2n) is 5.78. The SMILES string of the molecule is CC(C)(C)OC(=O)N1CC[C@H](c2ncc(C(=O)O)s2)C1. The molecule has 1 N–H and O–H groups in total.